The van der Waals surface area contributed by atoms with E-state index < -0.39 is 0 Å². The molecule has 31 heavy (non-hydrogen) atoms. The van der Waals surface area contributed by atoms with E-state index in [2.05, 4.69) is 9.97 Å². The van der Waals surface area contributed by atoms with Crippen molar-refractivity contribution in [3.05, 3.63) is 64.1 Å². The van der Waals surface area contributed by atoms with Crippen LogP contribution in [0.3, 0.4) is 0 Å². The molecule has 0 radical (unpaired) electrons. The number of aromatic nitrogens is 2. The number of anilines is 1. The third-order valence-corrected chi connectivity index (χ3v) is 5.89. The minimum atomic E-state index is -0.304. The summed E-state index contributed by atoms with van der Waals surface area (Å²) < 4.78 is 5.61. The van der Waals surface area contributed by atoms with E-state index in [9.17, 15) is 15.0 Å². The van der Waals surface area contributed by atoms with E-state index in [1.165, 1.54) is 18.2 Å². The summed E-state index contributed by atoms with van der Waals surface area (Å²) >= 11 is 6.18. The first kappa shape index (κ1) is 19.8. The minimum Gasteiger partial charge on any atom is -0.508 e. The summed E-state index contributed by atoms with van der Waals surface area (Å²) in [5, 5.41) is 19.9. The largest absolute Gasteiger partial charge is 0.508 e. The van der Waals surface area contributed by atoms with E-state index >= 15 is 0 Å². The molecule has 0 atom stereocenters. The highest BCUT2D eigenvalue weighted by Crippen LogP contribution is 2.36. The Balaban J connectivity index is 1.53. The van der Waals surface area contributed by atoms with Crippen LogP contribution >= 0.6 is 11.6 Å². The van der Waals surface area contributed by atoms with Crippen LogP contribution in [-0.4, -0.2) is 39.2 Å². The molecule has 3 aromatic rings. The minimum absolute atomic E-state index is 0.0893. The van der Waals surface area contributed by atoms with Crippen molar-refractivity contribution in [3.63, 3.8) is 0 Å². The molecule has 1 aromatic heterocycles. The Bertz CT molecular complexity index is 1200. The van der Waals surface area contributed by atoms with Gasteiger partial charge in [-0.05, 0) is 54.3 Å². The van der Waals surface area contributed by atoms with E-state index in [4.69, 9.17) is 16.3 Å². The van der Waals surface area contributed by atoms with Gasteiger partial charge in [0, 0.05) is 35.8 Å². The number of hydrogen-bond acceptors (Lipinski definition) is 6. The van der Waals surface area contributed by atoms with Crippen LogP contribution < -0.4 is 4.90 Å². The molecule has 0 aliphatic carbocycles. The number of hydrogen-bond donors (Lipinski definition) is 2. The Morgan fingerprint density at radius 3 is 2.81 bits per heavy atom. The van der Waals surface area contributed by atoms with Gasteiger partial charge in [0.15, 0.2) is 0 Å². The zero-order valence-corrected chi connectivity index (χ0v) is 17.4. The maximum atomic E-state index is 13.1. The topological polar surface area (TPSA) is 95.8 Å². The Hall–Kier alpha value is -3.16. The lowest BCUT2D eigenvalue weighted by Crippen LogP contribution is -2.35. The van der Waals surface area contributed by atoms with Crippen LogP contribution in [0.4, 0.5) is 5.69 Å². The van der Waals surface area contributed by atoms with Gasteiger partial charge in [-0.25, -0.2) is 9.97 Å². The number of rotatable bonds is 2. The quantitative estimate of drug-likeness (QED) is 0.591. The lowest BCUT2D eigenvalue weighted by Gasteiger charge is -2.30. The van der Waals surface area contributed by atoms with E-state index in [1.54, 1.807) is 4.90 Å². The average Bonchev–Trinajstić information content (AvgIpc) is 2.77. The van der Waals surface area contributed by atoms with Crippen LogP contribution in [-0.2, 0) is 24.2 Å². The van der Waals surface area contributed by atoms with Crippen molar-refractivity contribution in [1.82, 2.24) is 9.97 Å². The van der Waals surface area contributed by atoms with Crippen molar-refractivity contribution in [2.75, 3.05) is 18.1 Å². The first-order valence-electron chi connectivity index (χ1n) is 10.1. The molecule has 5 rings (SSSR count). The standard InChI is InChI=1S/C23H20ClN3O4/c24-23-25-18-7-9-31-12-17(18)21(26-23)14-3-6-19-13(10-14)2-1-8-27(19)22(30)16-5-4-15(28)11-20(16)29/h3-6,10-11,28-29H,1-2,7-9,12H2. The number of phenolic OH excluding ortho intramolecular Hbond substituents is 2. The molecule has 0 unspecified atom stereocenters. The van der Waals surface area contributed by atoms with Gasteiger partial charge in [-0.1, -0.05) is 6.07 Å². The molecule has 0 saturated heterocycles. The SMILES string of the molecule is O=C(c1ccc(O)cc1O)N1CCCc2cc(-c3nc(Cl)nc4c3COCC4)ccc21. The van der Waals surface area contributed by atoms with Crippen molar-refractivity contribution < 1.29 is 19.7 Å². The second-order valence-corrected chi connectivity index (χ2v) is 8.01. The van der Waals surface area contributed by atoms with E-state index in [1.807, 2.05) is 18.2 Å². The number of aryl methyl sites for hydroxylation is 1. The number of halogens is 1. The van der Waals surface area contributed by atoms with E-state index in [-0.39, 0.29) is 28.3 Å². The van der Waals surface area contributed by atoms with Gasteiger partial charge in [0.05, 0.1) is 30.2 Å². The molecule has 1 amide bonds. The summed E-state index contributed by atoms with van der Waals surface area (Å²) in [6.07, 6.45) is 2.33. The van der Waals surface area contributed by atoms with Gasteiger partial charge in [0.2, 0.25) is 5.28 Å². The van der Waals surface area contributed by atoms with Crippen LogP contribution in [0.25, 0.3) is 11.3 Å². The molecule has 0 fully saturated rings. The third-order valence-electron chi connectivity index (χ3n) is 5.72. The molecular weight excluding hydrogens is 418 g/mol. The maximum absolute atomic E-state index is 13.1. The molecule has 7 nitrogen and oxygen atoms in total. The predicted octanol–water partition coefficient (Wildman–Crippen LogP) is 3.87. The maximum Gasteiger partial charge on any atom is 0.262 e. The fraction of sp³-hybridized carbons (Fsp3) is 0.261. The molecule has 0 saturated carbocycles. The zero-order valence-electron chi connectivity index (χ0n) is 16.6. The summed E-state index contributed by atoms with van der Waals surface area (Å²) in [6, 6.07) is 9.87. The Labute approximate surface area is 183 Å². The zero-order chi connectivity index (χ0) is 21.5. The average molecular weight is 438 g/mol. The lowest BCUT2D eigenvalue weighted by molar-refractivity contribution is 0.0982. The molecule has 2 aliphatic rings. The second-order valence-electron chi connectivity index (χ2n) is 7.67. The van der Waals surface area contributed by atoms with Gasteiger partial charge in [-0.2, -0.15) is 0 Å². The third kappa shape index (κ3) is 3.60. The number of ether oxygens (including phenoxy) is 1. The number of aromatic hydroxyl groups is 2. The Morgan fingerprint density at radius 2 is 1.97 bits per heavy atom. The molecule has 158 valence electrons. The molecule has 2 N–H and O–H groups in total. The molecule has 8 heteroatoms. The van der Waals surface area contributed by atoms with Gasteiger partial charge in [-0.3, -0.25) is 4.79 Å². The monoisotopic (exact) mass is 437 g/mol. The fourth-order valence-corrected chi connectivity index (χ4v) is 4.43. The highest BCUT2D eigenvalue weighted by Gasteiger charge is 2.27. The first-order chi connectivity index (χ1) is 15.0. The van der Waals surface area contributed by atoms with Crippen molar-refractivity contribution in [1.29, 1.82) is 0 Å². The molecular formula is C23H20ClN3O4. The molecule has 2 aliphatic heterocycles. The number of benzene rings is 2. The number of phenols is 2. The summed E-state index contributed by atoms with van der Waals surface area (Å²) in [5.41, 5.74) is 5.52. The number of carbonyl (C=O) groups excluding carboxylic acids is 1. The number of carbonyl (C=O) groups is 1. The Kier molecular flexibility index (Phi) is 5.00. The van der Waals surface area contributed by atoms with Crippen molar-refractivity contribution in [2.45, 2.75) is 25.9 Å². The molecule has 0 spiro atoms. The lowest BCUT2D eigenvalue weighted by atomic mass is 9.95. The van der Waals surface area contributed by atoms with Crippen molar-refractivity contribution in [3.8, 4) is 22.8 Å². The molecule has 0 bridgehead atoms. The number of fused-ring (bicyclic) bond motifs is 2. The number of amides is 1. The van der Waals surface area contributed by atoms with E-state index in [0.29, 0.717) is 26.2 Å². The smallest absolute Gasteiger partial charge is 0.262 e. The van der Waals surface area contributed by atoms with Crippen LogP contribution in [0.2, 0.25) is 5.28 Å². The summed E-state index contributed by atoms with van der Waals surface area (Å²) in [5.74, 6) is -0.633. The van der Waals surface area contributed by atoms with Crippen LogP contribution in [0.15, 0.2) is 36.4 Å². The van der Waals surface area contributed by atoms with Crippen LogP contribution in [0.1, 0.15) is 33.6 Å². The van der Waals surface area contributed by atoms with Gasteiger partial charge < -0.3 is 19.8 Å². The van der Waals surface area contributed by atoms with Gasteiger partial charge in [0.25, 0.3) is 5.91 Å². The highest BCUT2D eigenvalue weighted by molar-refractivity contribution is 6.28. The van der Waals surface area contributed by atoms with Gasteiger partial charge in [-0.15, -0.1) is 0 Å². The summed E-state index contributed by atoms with van der Waals surface area (Å²) in [6.45, 7) is 1.61. The molecule has 2 aromatic carbocycles. The Morgan fingerprint density at radius 1 is 1.10 bits per heavy atom. The van der Waals surface area contributed by atoms with Crippen molar-refractivity contribution in [2.24, 2.45) is 0 Å². The number of nitrogens with zero attached hydrogens (tertiary/aromatic N) is 3. The van der Waals surface area contributed by atoms with E-state index in [0.717, 1.165) is 46.6 Å². The van der Waals surface area contributed by atoms with Crippen LogP contribution in [0, 0.1) is 0 Å². The summed E-state index contributed by atoms with van der Waals surface area (Å²) in [7, 11) is 0. The molecule has 3 heterocycles. The normalized spacial score (nSPS) is 15.3. The van der Waals surface area contributed by atoms with Crippen LogP contribution in [0.5, 0.6) is 11.5 Å². The van der Waals surface area contributed by atoms with Gasteiger partial charge in [0.1, 0.15) is 11.5 Å². The fourth-order valence-electron chi connectivity index (χ4n) is 4.24. The van der Waals surface area contributed by atoms with Gasteiger partial charge >= 0.3 is 0 Å². The van der Waals surface area contributed by atoms with Crippen molar-refractivity contribution >= 4 is 23.2 Å². The second kappa shape index (κ2) is 7.83. The summed E-state index contributed by atoms with van der Waals surface area (Å²) in [4.78, 5) is 23.6. The predicted molar refractivity (Wildman–Crippen MR) is 116 cm³/mol. The highest BCUT2D eigenvalue weighted by atomic mass is 35.5. The first-order valence-corrected chi connectivity index (χ1v) is 10.5.